The minimum Gasteiger partial charge on any atom is -0.325 e. The van der Waals surface area contributed by atoms with Crippen molar-refractivity contribution in [1.82, 2.24) is 4.31 Å². The summed E-state index contributed by atoms with van der Waals surface area (Å²) >= 11 is 5.80. The van der Waals surface area contributed by atoms with E-state index in [-0.39, 0.29) is 11.4 Å². The lowest BCUT2D eigenvalue weighted by Crippen LogP contribution is -2.35. The molecule has 0 spiro atoms. The van der Waals surface area contributed by atoms with E-state index in [1.165, 1.54) is 7.05 Å². The van der Waals surface area contributed by atoms with Crippen LogP contribution >= 0.6 is 11.6 Å². The summed E-state index contributed by atoms with van der Waals surface area (Å²) in [4.78, 5) is 12.4. The second kappa shape index (κ2) is 7.56. The average molecular weight is 381 g/mol. The molecule has 0 aliphatic carbocycles. The fourth-order valence-electron chi connectivity index (χ4n) is 2.75. The van der Waals surface area contributed by atoms with Crippen LogP contribution in [0.2, 0.25) is 5.02 Å². The smallest absolute Gasteiger partial charge is 0.243 e. The zero-order valence-electron chi connectivity index (χ0n) is 14.6. The summed E-state index contributed by atoms with van der Waals surface area (Å²) in [7, 11) is -2.36. The summed E-state index contributed by atoms with van der Waals surface area (Å²) in [5.41, 5.74) is 2.89. The lowest BCUT2D eigenvalue weighted by Gasteiger charge is -2.20. The molecule has 2 rings (SSSR count). The first-order valence-electron chi connectivity index (χ1n) is 7.71. The van der Waals surface area contributed by atoms with Gasteiger partial charge in [0, 0.05) is 17.8 Å². The number of carbonyl (C=O) groups excluding carboxylic acids is 1. The molecule has 7 heteroatoms. The van der Waals surface area contributed by atoms with E-state index in [2.05, 4.69) is 5.32 Å². The highest BCUT2D eigenvalue weighted by Crippen LogP contribution is 2.24. The standard InChI is InChI=1S/C18H21ClN2O3S/c1-12-9-13(2)18(14(3)10-12)25(23,24)21(4)11-17(22)20-16-7-5-15(19)6-8-16/h5-10H,11H2,1-4H3,(H,20,22). The highest BCUT2D eigenvalue weighted by molar-refractivity contribution is 7.89. The summed E-state index contributed by atoms with van der Waals surface area (Å²) in [5.74, 6) is -0.421. The quantitative estimate of drug-likeness (QED) is 0.862. The van der Waals surface area contributed by atoms with Gasteiger partial charge in [0.15, 0.2) is 0 Å². The minimum atomic E-state index is -3.76. The zero-order chi connectivity index (χ0) is 18.8. The van der Waals surface area contributed by atoms with Gasteiger partial charge in [0.2, 0.25) is 15.9 Å². The fourth-order valence-corrected chi connectivity index (χ4v) is 4.41. The topological polar surface area (TPSA) is 66.5 Å². The van der Waals surface area contributed by atoms with Gasteiger partial charge in [-0.2, -0.15) is 4.31 Å². The van der Waals surface area contributed by atoms with Crippen molar-refractivity contribution in [1.29, 1.82) is 0 Å². The van der Waals surface area contributed by atoms with Crippen LogP contribution in [-0.4, -0.2) is 32.2 Å². The number of sulfonamides is 1. The van der Waals surface area contributed by atoms with Crippen molar-refractivity contribution >= 4 is 33.2 Å². The van der Waals surface area contributed by atoms with Crippen molar-refractivity contribution in [2.75, 3.05) is 18.9 Å². The summed E-state index contributed by atoms with van der Waals surface area (Å²) in [6.45, 7) is 5.15. The number of hydrogen-bond acceptors (Lipinski definition) is 3. The first-order valence-corrected chi connectivity index (χ1v) is 9.52. The van der Waals surface area contributed by atoms with Crippen LogP contribution in [0.5, 0.6) is 0 Å². The van der Waals surface area contributed by atoms with Crippen LogP contribution in [0, 0.1) is 20.8 Å². The van der Waals surface area contributed by atoms with E-state index >= 15 is 0 Å². The first-order chi connectivity index (χ1) is 11.6. The molecule has 2 aromatic rings. The van der Waals surface area contributed by atoms with Gasteiger partial charge in [-0.1, -0.05) is 29.3 Å². The first kappa shape index (κ1) is 19.4. The predicted molar refractivity (Wildman–Crippen MR) is 101 cm³/mol. The number of nitrogens with one attached hydrogen (secondary N) is 1. The Kier molecular flexibility index (Phi) is 5.87. The Morgan fingerprint density at radius 2 is 1.60 bits per heavy atom. The van der Waals surface area contributed by atoms with Gasteiger partial charge in [0.05, 0.1) is 11.4 Å². The Hall–Kier alpha value is -1.89. The van der Waals surface area contributed by atoms with E-state index in [9.17, 15) is 13.2 Å². The highest BCUT2D eigenvalue weighted by Gasteiger charge is 2.26. The number of anilines is 1. The number of amides is 1. The molecular weight excluding hydrogens is 360 g/mol. The van der Waals surface area contributed by atoms with E-state index in [1.807, 2.05) is 19.1 Å². The molecule has 0 atom stereocenters. The zero-order valence-corrected chi connectivity index (χ0v) is 16.2. The molecule has 1 amide bonds. The molecule has 2 aromatic carbocycles. The normalized spacial score (nSPS) is 11.6. The molecule has 0 aliphatic heterocycles. The number of aryl methyl sites for hydroxylation is 3. The average Bonchev–Trinajstić information content (AvgIpc) is 2.48. The maximum atomic E-state index is 12.8. The Bertz CT molecular complexity index is 870. The van der Waals surface area contributed by atoms with Crippen molar-refractivity contribution < 1.29 is 13.2 Å². The molecule has 134 valence electrons. The third-order valence-corrected chi connectivity index (χ3v) is 6.13. The Labute approximate surface area is 153 Å². The van der Waals surface area contributed by atoms with Crippen molar-refractivity contribution in [2.45, 2.75) is 25.7 Å². The van der Waals surface area contributed by atoms with Crippen LogP contribution in [0.1, 0.15) is 16.7 Å². The van der Waals surface area contributed by atoms with E-state index < -0.39 is 15.9 Å². The Balaban J connectivity index is 2.17. The van der Waals surface area contributed by atoms with E-state index in [4.69, 9.17) is 11.6 Å². The summed E-state index contributed by atoms with van der Waals surface area (Å²) in [6.07, 6.45) is 0. The fraction of sp³-hybridized carbons (Fsp3) is 0.278. The molecule has 25 heavy (non-hydrogen) atoms. The van der Waals surface area contributed by atoms with Crippen molar-refractivity contribution in [2.24, 2.45) is 0 Å². The van der Waals surface area contributed by atoms with Crippen molar-refractivity contribution in [3.8, 4) is 0 Å². The summed E-state index contributed by atoms with van der Waals surface area (Å²) < 4.78 is 26.8. The predicted octanol–water partition coefficient (Wildman–Crippen LogP) is 3.52. The van der Waals surface area contributed by atoms with E-state index in [1.54, 1.807) is 38.1 Å². The van der Waals surface area contributed by atoms with E-state index in [0.717, 1.165) is 9.87 Å². The van der Waals surface area contributed by atoms with Gasteiger partial charge < -0.3 is 5.32 Å². The number of rotatable bonds is 5. The van der Waals surface area contributed by atoms with Crippen molar-refractivity contribution in [3.63, 3.8) is 0 Å². The molecule has 0 fully saturated rings. The minimum absolute atomic E-state index is 0.250. The van der Waals surface area contributed by atoms with Crippen molar-refractivity contribution in [3.05, 3.63) is 58.1 Å². The second-order valence-corrected chi connectivity index (χ2v) is 8.46. The largest absolute Gasteiger partial charge is 0.325 e. The van der Waals surface area contributed by atoms with Crippen LogP contribution in [0.15, 0.2) is 41.3 Å². The van der Waals surface area contributed by atoms with Crippen LogP contribution in [0.25, 0.3) is 0 Å². The maximum Gasteiger partial charge on any atom is 0.243 e. The number of carbonyl (C=O) groups is 1. The van der Waals surface area contributed by atoms with Gasteiger partial charge in [0.1, 0.15) is 0 Å². The third-order valence-electron chi connectivity index (χ3n) is 3.77. The Morgan fingerprint density at radius 3 is 2.12 bits per heavy atom. The Morgan fingerprint density at radius 1 is 1.08 bits per heavy atom. The SMILES string of the molecule is Cc1cc(C)c(S(=O)(=O)N(C)CC(=O)Nc2ccc(Cl)cc2)c(C)c1. The molecule has 0 unspecified atom stereocenters. The summed E-state index contributed by atoms with van der Waals surface area (Å²) in [6, 6.07) is 10.3. The van der Waals surface area contributed by atoms with Crippen LogP contribution in [-0.2, 0) is 14.8 Å². The van der Waals surface area contributed by atoms with Gasteiger partial charge in [-0.15, -0.1) is 0 Å². The highest BCUT2D eigenvalue weighted by atomic mass is 35.5. The monoisotopic (exact) mass is 380 g/mol. The number of nitrogens with zero attached hydrogens (tertiary/aromatic N) is 1. The molecular formula is C18H21ClN2O3S. The number of likely N-dealkylation sites (N-methyl/N-ethyl adjacent to an activating group) is 1. The molecule has 0 bridgehead atoms. The number of halogens is 1. The maximum absolute atomic E-state index is 12.8. The molecule has 0 saturated heterocycles. The molecule has 5 nitrogen and oxygen atoms in total. The van der Waals surface area contributed by atoms with E-state index in [0.29, 0.717) is 21.8 Å². The molecule has 0 radical (unpaired) electrons. The second-order valence-electron chi connectivity index (χ2n) is 6.04. The lowest BCUT2D eigenvalue weighted by atomic mass is 10.1. The third kappa shape index (κ3) is 4.60. The lowest BCUT2D eigenvalue weighted by molar-refractivity contribution is -0.116. The van der Waals surface area contributed by atoms with Crippen LogP contribution < -0.4 is 5.32 Å². The van der Waals surface area contributed by atoms with Gasteiger partial charge in [-0.05, 0) is 56.2 Å². The summed E-state index contributed by atoms with van der Waals surface area (Å²) in [5, 5.41) is 3.22. The molecule has 0 aliphatic rings. The van der Waals surface area contributed by atoms with Gasteiger partial charge in [0.25, 0.3) is 0 Å². The molecule has 0 saturated carbocycles. The van der Waals surface area contributed by atoms with Gasteiger partial charge in [-0.25, -0.2) is 8.42 Å². The van der Waals surface area contributed by atoms with Crippen LogP contribution in [0.4, 0.5) is 5.69 Å². The number of hydrogen-bond donors (Lipinski definition) is 1. The molecule has 0 heterocycles. The van der Waals surface area contributed by atoms with Gasteiger partial charge in [-0.3, -0.25) is 4.79 Å². The molecule has 1 N–H and O–H groups in total. The molecule has 0 aromatic heterocycles. The van der Waals surface area contributed by atoms with Crippen LogP contribution in [0.3, 0.4) is 0 Å². The van der Waals surface area contributed by atoms with Gasteiger partial charge >= 0.3 is 0 Å². The number of benzene rings is 2.